The van der Waals surface area contributed by atoms with Crippen LogP contribution in [0.15, 0.2) is 36.4 Å². The van der Waals surface area contributed by atoms with Gasteiger partial charge >= 0.3 is 0 Å². The summed E-state index contributed by atoms with van der Waals surface area (Å²) in [4.78, 5) is 12.3. The van der Waals surface area contributed by atoms with Crippen LogP contribution in [0.25, 0.3) is 6.08 Å². The Labute approximate surface area is 157 Å². The molecule has 3 rings (SSSR count). The molecule has 1 heterocycles. The van der Waals surface area contributed by atoms with Gasteiger partial charge in [0, 0.05) is 12.5 Å². The fourth-order valence-electron chi connectivity index (χ4n) is 2.61. The van der Waals surface area contributed by atoms with Gasteiger partial charge in [0.05, 0.1) is 31.0 Å². The van der Waals surface area contributed by atoms with E-state index in [9.17, 15) is 4.79 Å². The van der Waals surface area contributed by atoms with Crippen LogP contribution < -0.4 is 19.5 Å². The van der Waals surface area contributed by atoms with E-state index < -0.39 is 0 Å². The molecule has 0 saturated heterocycles. The standard InChI is InChI=1S/C20H20ClNO4/c1-13-4-6-17(24-2)16(10-13)22-19(23)7-5-14-11-15(21)20-18(12-14)25-8-3-9-26-20/h4-7,10-12H,3,8-9H2,1-2H3,(H,22,23)/b7-5+. The number of benzene rings is 2. The van der Waals surface area contributed by atoms with Gasteiger partial charge in [0.15, 0.2) is 11.5 Å². The van der Waals surface area contributed by atoms with Crippen molar-refractivity contribution in [3.8, 4) is 17.2 Å². The molecule has 0 aliphatic carbocycles. The molecule has 5 nitrogen and oxygen atoms in total. The number of amides is 1. The number of fused-ring (bicyclic) bond motifs is 1. The summed E-state index contributed by atoms with van der Waals surface area (Å²) >= 11 is 6.27. The Morgan fingerprint density at radius 1 is 1.23 bits per heavy atom. The lowest BCUT2D eigenvalue weighted by atomic mass is 10.1. The van der Waals surface area contributed by atoms with Crippen LogP contribution >= 0.6 is 11.6 Å². The van der Waals surface area contributed by atoms with E-state index in [4.69, 9.17) is 25.8 Å². The zero-order valence-corrected chi connectivity index (χ0v) is 15.4. The molecule has 0 radical (unpaired) electrons. The first kappa shape index (κ1) is 18.1. The van der Waals surface area contributed by atoms with E-state index in [1.54, 1.807) is 19.3 Å². The number of rotatable bonds is 4. The summed E-state index contributed by atoms with van der Waals surface area (Å²) in [6.07, 6.45) is 3.92. The number of halogens is 1. The Morgan fingerprint density at radius 2 is 2.04 bits per heavy atom. The fraction of sp³-hybridized carbons (Fsp3) is 0.250. The van der Waals surface area contributed by atoms with Gasteiger partial charge in [-0.25, -0.2) is 0 Å². The van der Waals surface area contributed by atoms with Gasteiger partial charge in [0.25, 0.3) is 0 Å². The zero-order chi connectivity index (χ0) is 18.5. The minimum Gasteiger partial charge on any atom is -0.495 e. The van der Waals surface area contributed by atoms with Crippen molar-refractivity contribution in [1.29, 1.82) is 0 Å². The van der Waals surface area contributed by atoms with Crippen molar-refractivity contribution < 1.29 is 19.0 Å². The van der Waals surface area contributed by atoms with Gasteiger partial charge in [0.2, 0.25) is 5.91 Å². The van der Waals surface area contributed by atoms with Gasteiger partial charge < -0.3 is 19.5 Å². The highest BCUT2D eigenvalue weighted by molar-refractivity contribution is 6.32. The lowest BCUT2D eigenvalue weighted by molar-refractivity contribution is -0.111. The molecule has 0 bridgehead atoms. The number of ether oxygens (including phenoxy) is 3. The lowest BCUT2D eigenvalue weighted by Crippen LogP contribution is -2.09. The van der Waals surface area contributed by atoms with Crippen LogP contribution in [0.2, 0.25) is 5.02 Å². The zero-order valence-electron chi connectivity index (χ0n) is 14.7. The van der Waals surface area contributed by atoms with E-state index in [1.165, 1.54) is 6.08 Å². The van der Waals surface area contributed by atoms with Crippen molar-refractivity contribution in [3.63, 3.8) is 0 Å². The first-order valence-electron chi connectivity index (χ1n) is 8.29. The number of carbonyl (C=O) groups is 1. The molecule has 1 N–H and O–H groups in total. The molecular formula is C20H20ClNO4. The van der Waals surface area contributed by atoms with Crippen LogP contribution in [0.1, 0.15) is 17.5 Å². The molecule has 2 aromatic carbocycles. The molecule has 0 unspecified atom stereocenters. The first-order chi connectivity index (χ1) is 12.6. The molecular weight excluding hydrogens is 354 g/mol. The van der Waals surface area contributed by atoms with Crippen molar-refractivity contribution >= 4 is 29.3 Å². The summed E-state index contributed by atoms with van der Waals surface area (Å²) in [6.45, 7) is 3.09. The Hall–Kier alpha value is -2.66. The number of hydrogen-bond donors (Lipinski definition) is 1. The second kappa shape index (κ2) is 8.15. The Morgan fingerprint density at radius 3 is 2.85 bits per heavy atom. The van der Waals surface area contributed by atoms with E-state index in [2.05, 4.69) is 5.32 Å². The molecule has 1 aliphatic heterocycles. The second-order valence-electron chi connectivity index (χ2n) is 5.91. The van der Waals surface area contributed by atoms with Gasteiger partial charge in [0.1, 0.15) is 5.75 Å². The van der Waals surface area contributed by atoms with Gasteiger partial charge in [-0.05, 0) is 48.4 Å². The minimum absolute atomic E-state index is 0.267. The van der Waals surface area contributed by atoms with Crippen LogP contribution in [-0.4, -0.2) is 26.2 Å². The third kappa shape index (κ3) is 4.29. The van der Waals surface area contributed by atoms with Crippen LogP contribution in [0, 0.1) is 6.92 Å². The van der Waals surface area contributed by atoms with Crippen LogP contribution in [0.5, 0.6) is 17.2 Å². The lowest BCUT2D eigenvalue weighted by Gasteiger charge is -2.10. The van der Waals surface area contributed by atoms with Crippen molar-refractivity contribution in [2.24, 2.45) is 0 Å². The molecule has 2 aromatic rings. The molecule has 0 fully saturated rings. The molecule has 1 amide bonds. The molecule has 0 saturated carbocycles. The van der Waals surface area contributed by atoms with Gasteiger partial charge in [-0.1, -0.05) is 17.7 Å². The van der Waals surface area contributed by atoms with Crippen molar-refractivity contribution in [3.05, 3.63) is 52.6 Å². The maximum atomic E-state index is 12.3. The number of anilines is 1. The maximum absolute atomic E-state index is 12.3. The first-order valence-corrected chi connectivity index (χ1v) is 8.67. The quantitative estimate of drug-likeness (QED) is 0.803. The van der Waals surface area contributed by atoms with Gasteiger partial charge in [-0.3, -0.25) is 4.79 Å². The highest BCUT2D eigenvalue weighted by Crippen LogP contribution is 2.38. The third-order valence-corrected chi connectivity index (χ3v) is 4.15. The number of aryl methyl sites for hydroxylation is 1. The maximum Gasteiger partial charge on any atom is 0.248 e. The number of nitrogens with one attached hydrogen (secondary N) is 1. The number of methoxy groups -OCH3 is 1. The number of carbonyl (C=O) groups excluding carboxylic acids is 1. The third-order valence-electron chi connectivity index (χ3n) is 3.86. The minimum atomic E-state index is -0.267. The average molecular weight is 374 g/mol. The predicted octanol–water partition coefficient (Wildman–Crippen LogP) is 4.47. The molecule has 0 atom stereocenters. The molecule has 136 valence electrons. The average Bonchev–Trinajstić information content (AvgIpc) is 2.86. The smallest absolute Gasteiger partial charge is 0.248 e. The molecule has 1 aliphatic rings. The van der Waals surface area contributed by atoms with Crippen molar-refractivity contribution in [1.82, 2.24) is 0 Å². The largest absolute Gasteiger partial charge is 0.495 e. The van der Waals surface area contributed by atoms with Crippen LogP contribution in [0.3, 0.4) is 0 Å². The second-order valence-corrected chi connectivity index (χ2v) is 6.31. The number of hydrogen-bond acceptors (Lipinski definition) is 4. The Balaban J connectivity index is 1.76. The normalized spacial score (nSPS) is 13.3. The van der Waals surface area contributed by atoms with E-state index in [-0.39, 0.29) is 5.91 Å². The Kier molecular flexibility index (Phi) is 5.68. The highest BCUT2D eigenvalue weighted by Gasteiger charge is 2.15. The molecule has 0 aromatic heterocycles. The predicted molar refractivity (Wildman–Crippen MR) is 102 cm³/mol. The van der Waals surface area contributed by atoms with Crippen LogP contribution in [0.4, 0.5) is 5.69 Å². The summed E-state index contributed by atoms with van der Waals surface area (Å²) in [5.74, 6) is 1.48. The Bertz CT molecular complexity index is 848. The fourth-order valence-corrected chi connectivity index (χ4v) is 2.89. The summed E-state index contributed by atoms with van der Waals surface area (Å²) < 4.78 is 16.5. The summed E-state index contributed by atoms with van der Waals surface area (Å²) in [6, 6.07) is 9.15. The van der Waals surface area contributed by atoms with E-state index in [0.29, 0.717) is 41.2 Å². The van der Waals surface area contributed by atoms with E-state index in [0.717, 1.165) is 17.5 Å². The summed E-state index contributed by atoms with van der Waals surface area (Å²) in [7, 11) is 1.57. The highest BCUT2D eigenvalue weighted by atomic mass is 35.5. The molecule has 6 heteroatoms. The van der Waals surface area contributed by atoms with E-state index in [1.807, 2.05) is 31.2 Å². The van der Waals surface area contributed by atoms with Crippen molar-refractivity contribution in [2.45, 2.75) is 13.3 Å². The summed E-state index contributed by atoms with van der Waals surface area (Å²) in [5.41, 5.74) is 2.41. The topological polar surface area (TPSA) is 56.8 Å². The summed E-state index contributed by atoms with van der Waals surface area (Å²) in [5, 5.41) is 3.28. The SMILES string of the molecule is COc1ccc(C)cc1NC(=O)/C=C/c1cc(Cl)c2c(c1)OCCCO2. The van der Waals surface area contributed by atoms with E-state index >= 15 is 0 Å². The molecule has 26 heavy (non-hydrogen) atoms. The van der Waals surface area contributed by atoms with Crippen molar-refractivity contribution in [2.75, 3.05) is 25.6 Å². The van der Waals surface area contributed by atoms with Crippen LogP contribution in [-0.2, 0) is 4.79 Å². The van der Waals surface area contributed by atoms with Gasteiger partial charge in [-0.2, -0.15) is 0 Å². The van der Waals surface area contributed by atoms with Gasteiger partial charge in [-0.15, -0.1) is 0 Å². The molecule has 0 spiro atoms. The monoisotopic (exact) mass is 373 g/mol.